The highest BCUT2D eigenvalue weighted by Gasteiger charge is 2.16. The topological polar surface area (TPSA) is 61.4 Å². The average Bonchev–Trinajstić information content (AvgIpc) is 2.35. The van der Waals surface area contributed by atoms with Gasteiger partial charge in [0.25, 0.3) is 0 Å². The van der Waals surface area contributed by atoms with Gasteiger partial charge in [-0.1, -0.05) is 6.07 Å². The van der Waals surface area contributed by atoms with Gasteiger partial charge in [0.2, 0.25) is 10.0 Å². The first-order chi connectivity index (χ1) is 9.42. The Hall–Kier alpha value is -1.27. The number of piperidine rings is 1. The molecule has 2 rings (SSSR count). The lowest BCUT2D eigenvalue weighted by Gasteiger charge is -2.30. The van der Waals surface area contributed by atoms with Gasteiger partial charge in [0.05, 0.1) is 11.9 Å². The lowest BCUT2D eigenvalue weighted by Crippen LogP contribution is -2.35. The number of hydrogen-bond acceptors (Lipinski definition) is 4. The Morgan fingerprint density at radius 3 is 2.80 bits per heavy atom. The fourth-order valence-corrected chi connectivity index (χ4v) is 3.16. The van der Waals surface area contributed by atoms with E-state index in [1.165, 1.54) is 19.4 Å². The normalized spacial score (nSPS) is 20.6. The van der Waals surface area contributed by atoms with Crippen molar-refractivity contribution in [3.8, 4) is 0 Å². The van der Waals surface area contributed by atoms with Crippen molar-refractivity contribution in [3.63, 3.8) is 0 Å². The molecule has 0 saturated carbocycles. The summed E-state index contributed by atoms with van der Waals surface area (Å²) < 4.78 is 24.9. The third-order valence-corrected chi connectivity index (χ3v) is 4.09. The van der Waals surface area contributed by atoms with Crippen LogP contribution < -0.4 is 10.0 Å². The number of benzene rings is 1. The molecule has 1 heterocycles. The summed E-state index contributed by atoms with van der Waals surface area (Å²) >= 11 is 0. The van der Waals surface area contributed by atoms with Crippen molar-refractivity contribution in [1.29, 1.82) is 0 Å². The lowest BCUT2D eigenvalue weighted by atomic mass is 9.98. The molecule has 0 bridgehead atoms. The number of nitrogens with zero attached hydrogens (tertiary/aromatic N) is 1. The molecule has 0 spiro atoms. The van der Waals surface area contributed by atoms with Gasteiger partial charge in [-0.2, -0.15) is 0 Å². The van der Waals surface area contributed by atoms with E-state index in [0.717, 1.165) is 25.0 Å². The Labute approximate surface area is 121 Å². The van der Waals surface area contributed by atoms with Crippen LogP contribution in [0.4, 0.5) is 11.4 Å². The first kappa shape index (κ1) is 15.1. The quantitative estimate of drug-likeness (QED) is 0.870. The second-order valence-corrected chi connectivity index (χ2v) is 7.35. The predicted octanol–water partition coefficient (Wildman–Crippen LogP) is 1.81. The molecule has 1 aromatic rings. The molecule has 1 aromatic carbocycles. The molecule has 1 aliphatic rings. The van der Waals surface area contributed by atoms with Gasteiger partial charge >= 0.3 is 0 Å². The highest BCUT2D eigenvalue weighted by Crippen LogP contribution is 2.19. The second kappa shape index (κ2) is 6.45. The Bertz CT molecular complexity index is 545. The van der Waals surface area contributed by atoms with Crippen LogP contribution in [0.2, 0.25) is 0 Å². The molecule has 1 atom stereocenters. The van der Waals surface area contributed by atoms with Gasteiger partial charge in [-0.25, -0.2) is 8.42 Å². The lowest BCUT2D eigenvalue weighted by molar-refractivity contribution is 0.217. The van der Waals surface area contributed by atoms with Crippen molar-refractivity contribution in [3.05, 3.63) is 24.3 Å². The van der Waals surface area contributed by atoms with E-state index in [1.54, 1.807) is 6.07 Å². The van der Waals surface area contributed by atoms with Gasteiger partial charge in [-0.15, -0.1) is 0 Å². The number of nitrogens with one attached hydrogen (secondary N) is 2. The molecule has 0 aliphatic carbocycles. The summed E-state index contributed by atoms with van der Waals surface area (Å²) in [6.07, 6.45) is 3.65. The number of anilines is 2. The minimum atomic E-state index is -3.22. The summed E-state index contributed by atoms with van der Waals surface area (Å²) in [5.74, 6) is 0.653. The summed E-state index contributed by atoms with van der Waals surface area (Å²) in [6.45, 7) is 3.23. The number of hydrogen-bond donors (Lipinski definition) is 2. The molecular formula is C14H23N3O2S. The third kappa shape index (κ3) is 5.02. The average molecular weight is 297 g/mol. The van der Waals surface area contributed by atoms with E-state index in [1.807, 2.05) is 18.2 Å². The van der Waals surface area contributed by atoms with E-state index >= 15 is 0 Å². The maximum atomic E-state index is 11.2. The molecule has 1 fully saturated rings. The molecule has 1 aliphatic heterocycles. The zero-order chi connectivity index (χ0) is 14.6. The van der Waals surface area contributed by atoms with E-state index in [-0.39, 0.29) is 0 Å². The minimum absolute atomic E-state index is 0.596. The Morgan fingerprint density at radius 1 is 1.35 bits per heavy atom. The summed E-state index contributed by atoms with van der Waals surface area (Å²) in [6, 6.07) is 7.39. The predicted molar refractivity (Wildman–Crippen MR) is 83.6 cm³/mol. The van der Waals surface area contributed by atoms with Crippen LogP contribution in [0, 0.1) is 5.92 Å². The van der Waals surface area contributed by atoms with Crippen LogP contribution in [0.3, 0.4) is 0 Å². The van der Waals surface area contributed by atoms with Crippen LogP contribution in [0.15, 0.2) is 24.3 Å². The maximum Gasteiger partial charge on any atom is 0.229 e. The van der Waals surface area contributed by atoms with Crippen molar-refractivity contribution in [2.45, 2.75) is 12.8 Å². The molecule has 0 amide bonds. The highest BCUT2D eigenvalue weighted by molar-refractivity contribution is 7.92. The zero-order valence-corrected chi connectivity index (χ0v) is 12.9. The summed E-state index contributed by atoms with van der Waals surface area (Å²) in [4.78, 5) is 2.36. The molecule has 20 heavy (non-hydrogen) atoms. The summed E-state index contributed by atoms with van der Waals surface area (Å²) in [5, 5.41) is 3.40. The van der Waals surface area contributed by atoms with Crippen LogP contribution >= 0.6 is 0 Å². The third-order valence-electron chi connectivity index (χ3n) is 3.48. The smallest absolute Gasteiger partial charge is 0.229 e. The van der Waals surface area contributed by atoms with Crippen molar-refractivity contribution in [1.82, 2.24) is 4.90 Å². The van der Waals surface area contributed by atoms with Crippen LogP contribution in [-0.2, 0) is 10.0 Å². The maximum absolute atomic E-state index is 11.2. The SMILES string of the molecule is CN1CCCC(CNc2cccc(NS(C)(=O)=O)c2)C1. The van der Waals surface area contributed by atoms with Gasteiger partial charge in [-0.05, 0) is 50.6 Å². The van der Waals surface area contributed by atoms with Crippen LogP contribution in [0.1, 0.15) is 12.8 Å². The number of sulfonamides is 1. The molecule has 2 N–H and O–H groups in total. The monoisotopic (exact) mass is 297 g/mol. The molecule has 1 unspecified atom stereocenters. The van der Waals surface area contributed by atoms with Crippen LogP contribution in [0.5, 0.6) is 0 Å². The fraction of sp³-hybridized carbons (Fsp3) is 0.571. The number of likely N-dealkylation sites (tertiary alicyclic amines) is 1. The Kier molecular flexibility index (Phi) is 4.88. The highest BCUT2D eigenvalue weighted by atomic mass is 32.2. The van der Waals surface area contributed by atoms with Gasteiger partial charge < -0.3 is 10.2 Å². The summed E-state index contributed by atoms with van der Waals surface area (Å²) in [5.41, 5.74) is 1.55. The first-order valence-electron chi connectivity index (χ1n) is 6.93. The second-order valence-electron chi connectivity index (χ2n) is 5.61. The molecule has 0 aromatic heterocycles. The molecule has 1 saturated heterocycles. The van der Waals surface area contributed by atoms with Crippen molar-refractivity contribution in [2.24, 2.45) is 5.92 Å². The van der Waals surface area contributed by atoms with Crippen LogP contribution in [0.25, 0.3) is 0 Å². The largest absolute Gasteiger partial charge is 0.385 e. The summed E-state index contributed by atoms with van der Waals surface area (Å²) in [7, 11) is -1.07. The van der Waals surface area contributed by atoms with E-state index < -0.39 is 10.0 Å². The molecule has 5 nitrogen and oxygen atoms in total. The fourth-order valence-electron chi connectivity index (χ4n) is 2.61. The van der Waals surface area contributed by atoms with Gasteiger partial charge in [-0.3, -0.25) is 4.72 Å². The molecule has 6 heteroatoms. The van der Waals surface area contributed by atoms with Gasteiger partial charge in [0, 0.05) is 18.8 Å². The van der Waals surface area contributed by atoms with Crippen molar-refractivity contribution < 1.29 is 8.42 Å². The molecule has 112 valence electrons. The van der Waals surface area contributed by atoms with Crippen molar-refractivity contribution >= 4 is 21.4 Å². The van der Waals surface area contributed by atoms with Gasteiger partial charge in [0.1, 0.15) is 0 Å². The molecular weight excluding hydrogens is 274 g/mol. The molecule has 0 radical (unpaired) electrons. The van der Waals surface area contributed by atoms with E-state index in [4.69, 9.17) is 0 Å². The zero-order valence-electron chi connectivity index (χ0n) is 12.1. The standard InChI is InChI=1S/C14H23N3O2S/c1-17-8-4-5-12(11-17)10-15-13-6-3-7-14(9-13)16-20(2,18)19/h3,6-7,9,12,15-16H,4-5,8,10-11H2,1-2H3. The number of rotatable bonds is 5. The van der Waals surface area contributed by atoms with Crippen molar-refractivity contribution in [2.75, 3.05) is 43.0 Å². The Morgan fingerprint density at radius 2 is 2.10 bits per heavy atom. The van der Waals surface area contributed by atoms with Crippen LogP contribution in [-0.4, -0.2) is 46.3 Å². The van der Waals surface area contributed by atoms with Gasteiger partial charge in [0.15, 0.2) is 0 Å². The minimum Gasteiger partial charge on any atom is -0.385 e. The Balaban J connectivity index is 1.91. The van der Waals surface area contributed by atoms with E-state index in [0.29, 0.717) is 11.6 Å². The van der Waals surface area contributed by atoms with E-state index in [9.17, 15) is 8.42 Å². The first-order valence-corrected chi connectivity index (χ1v) is 8.82. The van der Waals surface area contributed by atoms with E-state index in [2.05, 4.69) is 22.0 Å².